The van der Waals surface area contributed by atoms with Gasteiger partial charge in [0.25, 0.3) is 0 Å². The van der Waals surface area contributed by atoms with Gasteiger partial charge in [-0.05, 0) is 39.5 Å². The van der Waals surface area contributed by atoms with E-state index in [1.165, 1.54) is 0 Å². The van der Waals surface area contributed by atoms with Crippen LogP contribution in [0.15, 0.2) is 0 Å². The molecule has 4 nitrogen and oxygen atoms in total. The molecule has 0 saturated carbocycles. The van der Waals surface area contributed by atoms with Gasteiger partial charge in [-0.3, -0.25) is 0 Å². The van der Waals surface area contributed by atoms with Crippen molar-refractivity contribution in [2.75, 3.05) is 18.1 Å². The minimum absolute atomic E-state index is 0.104. The van der Waals surface area contributed by atoms with Crippen LogP contribution >= 0.6 is 11.8 Å². The lowest BCUT2D eigenvalue weighted by Crippen LogP contribution is -2.26. The van der Waals surface area contributed by atoms with Gasteiger partial charge in [0.1, 0.15) is 11.6 Å². The Morgan fingerprint density at radius 2 is 2.00 bits per heavy atom. The normalized spacial score (nSPS) is 11.1. The van der Waals surface area contributed by atoms with E-state index in [2.05, 4.69) is 41.7 Å². The third kappa shape index (κ3) is 3.34. The molecule has 0 saturated heterocycles. The summed E-state index contributed by atoms with van der Waals surface area (Å²) in [6, 6.07) is 2.19. The molecule has 0 bridgehead atoms. The maximum absolute atomic E-state index is 9.15. The van der Waals surface area contributed by atoms with Crippen molar-refractivity contribution in [3.05, 3.63) is 16.8 Å². The van der Waals surface area contributed by atoms with E-state index < -0.39 is 0 Å². The molecule has 1 rings (SSSR count). The topological polar surface area (TPSA) is 61.6 Å². The van der Waals surface area contributed by atoms with Crippen LogP contribution in [0.25, 0.3) is 0 Å². The summed E-state index contributed by atoms with van der Waals surface area (Å²) < 4.78 is 0.104. The number of rotatable bonds is 4. The van der Waals surface area contributed by atoms with E-state index in [4.69, 9.17) is 5.26 Å². The Morgan fingerprint density at radius 3 is 2.53 bits per heavy atom. The number of nitrogens with zero attached hydrogens (tertiary/aromatic N) is 3. The molecule has 0 atom stereocenters. The minimum atomic E-state index is 0.104. The second kappa shape index (κ2) is 5.37. The molecule has 0 aliphatic heterocycles. The van der Waals surface area contributed by atoms with Crippen molar-refractivity contribution >= 4 is 17.6 Å². The van der Waals surface area contributed by atoms with Crippen LogP contribution in [-0.2, 0) is 0 Å². The lowest BCUT2D eigenvalue weighted by Gasteiger charge is -2.22. The second-order valence-electron chi connectivity index (χ2n) is 4.56. The largest absolute Gasteiger partial charge is 0.366 e. The smallest absolute Gasteiger partial charge is 0.166 e. The first-order chi connectivity index (χ1) is 7.91. The summed E-state index contributed by atoms with van der Waals surface area (Å²) in [5, 5.41) is 20.5. The molecule has 1 aromatic rings. The highest BCUT2D eigenvalue weighted by Gasteiger charge is 2.18. The molecule has 0 unspecified atom stereocenters. The molecule has 0 aromatic carbocycles. The summed E-state index contributed by atoms with van der Waals surface area (Å²) in [6.07, 6.45) is 2.07. The zero-order chi connectivity index (χ0) is 13.1. The van der Waals surface area contributed by atoms with E-state index in [-0.39, 0.29) is 4.75 Å². The van der Waals surface area contributed by atoms with Crippen molar-refractivity contribution in [3.8, 4) is 6.07 Å². The first-order valence-corrected chi connectivity index (χ1v) is 6.67. The third-order valence-electron chi connectivity index (χ3n) is 2.80. The van der Waals surface area contributed by atoms with Gasteiger partial charge in [0, 0.05) is 11.3 Å². The Balaban J connectivity index is 2.94. The molecule has 1 aromatic heterocycles. The molecule has 0 spiro atoms. The summed E-state index contributed by atoms with van der Waals surface area (Å²) >= 11 is 1.77. The maximum atomic E-state index is 9.15. The van der Waals surface area contributed by atoms with Gasteiger partial charge in [-0.25, -0.2) is 0 Å². The minimum Gasteiger partial charge on any atom is -0.366 e. The number of thioether (sulfide) groups is 1. The Bertz CT molecular complexity index is 449. The molecule has 0 amide bonds. The molecule has 0 fully saturated rings. The highest BCUT2D eigenvalue weighted by molar-refractivity contribution is 7.99. The fraction of sp³-hybridized carbons (Fsp3) is 0.583. The number of aromatic nitrogens is 2. The highest BCUT2D eigenvalue weighted by atomic mass is 32.2. The zero-order valence-corrected chi connectivity index (χ0v) is 11.8. The molecular formula is C12H18N4S. The van der Waals surface area contributed by atoms with Crippen LogP contribution in [-0.4, -0.2) is 27.7 Å². The van der Waals surface area contributed by atoms with Gasteiger partial charge < -0.3 is 5.32 Å². The van der Waals surface area contributed by atoms with Crippen molar-refractivity contribution in [3.63, 3.8) is 0 Å². The number of anilines is 1. The summed E-state index contributed by atoms with van der Waals surface area (Å²) in [4.78, 5) is 0. The lowest BCUT2D eigenvalue weighted by molar-refractivity contribution is 0.746. The Morgan fingerprint density at radius 1 is 1.35 bits per heavy atom. The monoisotopic (exact) mass is 250 g/mol. The van der Waals surface area contributed by atoms with E-state index in [0.717, 1.165) is 17.8 Å². The number of hydrogen-bond acceptors (Lipinski definition) is 5. The molecule has 1 heterocycles. The quantitative estimate of drug-likeness (QED) is 0.889. The number of nitrogens with one attached hydrogen (secondary N) is 1. The first-order valence-electron chi connectivity index (χ1n) is 5.44. The molecule has 0 aliphatic rings. The molecule has 0 radical (unpaired) electrons. The van der Waals surface area contributed by atoms with E-state index in [1.807, 2.05) is 13.8 Å². The van der Waals surface area contributed by atoms with Crippen molar-refractivity contribution in [2.45, 2.75) is 32.4 Å². The second-order valence-corrected chi connectivity index (χ2v) is 6.08. The van der Waals surface area contributed by atoms with Gasteiger partial charge in [-0.1, -0.05) is 0 Å². The van der Waals surface area contributed by atoms with Gasteiger partial charge in [0.05, 0.1) is 5.69 Å². The average molecular weight is 250 g/mol. The van der Waals surface area contributed by atoms with Gasteiger partial charge in [0.2, 0.25) is 0 Å². The molecular weight excluding hydrogens is 232 g/mol. The van der Waals surface area contributed by atoms with E-state index in [9.17, 15) is 0 Å². The summed E-state index contributed by atoms with van der Waals surface area (Å²) in [5.74, 6) is 0.581. The van der Waals surface area contributed by atoms with Crippen LogP contribution in [0.1, 0.15) is 30.7 Å². The fourth-order valence-electron chi connectivity index (χ4n) is 1.24. The third-order valence-corrected chi connectivity index (χ3v) is 4.05. The molecule has 5 heteroatoms. The molecule has 17 heavy (non-hydrogen) atoms. The first kappa shape index (κ1) is 13.8. The zero-order valence-electron chi connectivity index (χ0n) is 11.0. The fourth-order valence-corrected chi connectivity index (χ4v) is 1.45. The molecule has 0 aliphatic carbocycles. The van der Waals surface area contributed by atoms with E-state index >= 15 is 0 Å². The van der Waals surface area contributed by atoms with Crippen molar-refractivity contribution < 1.29 is 0 Å². The van der Waals surface area contributed by atoms with Crippen LogP contribution in [0.4, 0.5) is 5.82 Å². The summed E-state index contributed by atoms with van der Waals surface area (Å²) in [7, 11) is 0. The Labute approximate surface area is 107 Å². The summed E-state index contributed by atoms with van der Waals surface area (Å²) in [6.45, 7) is 8.79. The van der Waals surface area contributed by atoms with Crippen LogP contribution < -0.4 is 5.32 Å². The molecule has 1 N–H and O–H groups in total. The van der Waals surface area contributed by atoms with Crippen molar-refractivity contribution in [1.82, 2.24) is 10.2 Å². The van der Waals surface area contributed by atoms with Crippen molar-refractivity contribution in [2.24, 2.45) is 0 Å². The van der Waals surface area contributed by atoms with Crippen LogP contribution in [0, 0.1) is 25.2 Å². The Hall–Kier alpha value is -1.28. The standard InChI is InChI=1S/C12H18N4S/c1-8-9(2)15-16-11(10(8)6-13)14-7-12(3,4)17-5/h7H2,1-5H3,(H,14,16). The summed E-state index contributed by atoms with van der Waals surface area (Å²) in [5.41, 5.74) is 2.29. The average Bonchev–Trinajstić information content (AvgIpc) is 2.31. The number of aryl methyl sites for hydroxylation is 1. The van der Waals surface area contributed by atoms with Crippen LogP contribution in [0.5, 0.6) is 0 Å². The number of nitriles is 1. The van der Waals surface area contributed by atoms with E-state index in [1.54, 1.807) is 11.8 Å². The van der Waals surface area contributed by atoms with Crippen molar-refractivity contribution in [1.29, 1.82) is 5.26 Å². The van der Waals surface area contributed by atoms with Crippen LogP contribution in [0.2, 0.25) is 0 Å². The van der Waals surface area contributed by atoms with Gasteiger partial charge in [-0.15, -0.1) is 5.10 Å². The highest BCUT2D eigenvalue weighted by Crippen LogP contribution is 2.23. The predicted octanol–water partition coefficient (Wildman–Crippen LogP) is 2.52. The van der Waals surface area contributed by atoms with Crippen LogP contribution in [0.3, 0.4) is 0 Å². The predicted molar refractivity (Wildman–Crippen MR) is 72.3 cm³/mol. The van der Waals surface area contributed by atoms with Gasteiger partial charge >= 0.3 is 0 Å². The molecule has 92 valence electrons. The number of hydrogen-bond donors (Lipinski definition) is 1. The van der Waals surface area contributed by atoms with Gasteiger partial charge in [0.15, 0.2) is 5.82 Å². The van der Waals surface area contributed by atoms with Gasteiger partial charge in [-0.2, -0.15) is 22.1 Å². The van der Waals surface area contributed by atoms with E-state index in [0.29, 0.717) is 11.4 Å². The maximum Gasteiger partial charge on any atom is 0.166 e. The Kier molecular flexibility index (Phi) is 4.35. The lowest BCUT2D eigenvalue weighted by atomic mass is 10.1. The SMILES string of the molecule is CSC(C)(C)CNc1nnc(C)c(C)c1C#N.